The van der Waals surface area contributed by atoms with Crippen LogP contribution in [0.25, 0.3) is 0 Å². The third-order valence-electron chi connectivity index (χ3n) is 3.75. The summed E-state index contributed by atoms with van der Waals surface area (Å²) in [7, 11) is 1.34. The summed E-state index contributed by atoms with van der Waals surface area (Å²) in [6, 6.07) is 6.84. The van der Waals surface area contributed by atoms with Crippen molar-refractivity contribution >= 4 is 12.0 Å². The molecule has 1 atom stereocenters. The van der Waals surface area contributed by atoms with Crippen molar-refractivity contribution in [3.8, 4) is 0 Å². The highest BCUT2D eigenvalue weighted by Crippen LogP contribution is 2.29. The highest BCUT2D eigenvalue weighted by Gasteiger charge is 2.31. The zero-order chi connectivity index (χ0) is 17.5. The lowest BCUT2D eigenvalue weighted by molar-refractivity contribution is 0.0586. The highest BCUT2D eigenvalue weighted by molar-refractivity contribution is 5.89. The van der Waals surface area contributed by atoms with Crippen LogP contribution in [0, 0.1) is 0 Å². The Morgan fingerprint density at radius 3 is 2.58 bits per heavy atom. The number of hydrogen-bond donors (Lipinski definition) is 0. The fourth-order valence-corrected chi connectivity index (χ4v) is 2.67. The van der Waals surface area contributed by atoms with E-state index in [1.807, 2.05) is 24.8 Å². The lowest BCUT2D eigenvalue weighted by atomic mass is 10.1. The van der Waals surface area contributed by atoms with Gasteiger partial charge in [0.05, 0.1) is 12.7 Å². The number of rotatable bonds is 6. The van der Waals surface area contributed by atoms with Crippen LogP contribution < -0.4 is 0 Å². The van der Waals surface area contributed by atoms with E-state index in [-0.39, 0.29) is 6.03 Å². The third kappa shape index (κ3) is 3.88. The molecule has 2 amide bonds. The molecule has 1 aromatic carbocycles. The van der Waals surface area contributed by atoms with Crippen LogP contribution in [-0.2, 0) is 9.47 Å². The molecule has 0 aromatic heterocycles. The fourth-order valence-electron chi connectivity index (χ4n) is 2.67. The van der Waals surface area contributed by atoms with Crippen molar-refractivity contribution in [2.75, 3.05) is 20.2 Å². The third-order valence-corrected chi connectivity index (χ3v) is 3.75. The van der Waals surface area contributed by atoms with E-state index in [9.17, 15) is 9.59 Å². The number of amides is 2. The average Bonchev–Trinajstić information content (AvgIpc) is 3.10. The molecule has 1 aliphatic rings. The molecule has 1 heterocycles. The second-order valence-electron chi connectivity index (χ2n) is 5.57. The van der Waals surface area contributed by atoms with Gasteiger partial charge in [0.1, 0.15) is 6.26 Å². The number of urea groups is 1. The molecular formula is C18H24N2O4. The summed E-state index contributed by atoms with van der Waals surface area (Å²) in [6.07, 6.45) is 4.36. The van der Waals surface area contributed by atoms with Gasteiger partial charge >= 0.3 is 12.0 Å². The first-order chi connectivity index (χ1) is 11.6. The van der Waals surface area contributed by atoms with Gasteiger partial charge in [-0.25, -0.2) is 9.59 Å². The van der Waals surface area contributed by atoms with Crippen molar-refractivity contribution < 1.29 is 19.1 Å². The van der Waals surface area contributed by atoms with Crippen LogP contribution in [0.15, 0.2) is 36.7 Å². The Hall–Kier alpha value is -2.50. The first-order valence-corrected chi connectivity index (χ1v) is 8.20. The molecule has 130 valence electrons. The standard InChI is InChI=1S/C18H24N2O4/c1-4-9-19(10-5-2)18(22)20-11-12-24-16(20)14-7-6-8-15(13-14)17(21)23-3/h6-8,11-13,16H,4-5,9-10H2,1-3H3. The van der Waals surface area contributed by atoms with Gasteiger partial charge in [-0.15, -0.1) is 0 Å². The topological polar surface area (TPSA) is 59.1 Å². The molecule has 0 radical (unpaired) electrons. The molecule has 24 heavy (non-hydrogen) atoms. The van der Waals surface area contributed by atoms with Gasteiger partial charge in [0.15, 0.2) is 0 Å². The first-order valence-electron chi connectivity index (χ1n) is 8.20. The predicted molar refractivity (Wildman–Crippen MR) is 90.1 cm³/mol. The second-order valence-corrected chi connectivity index (χ2v) is 5.57. The van der Waals surface area contributed by atoms with Gasteiger partial charge in [-0.05, 0) is 25.0 Å². The Morgan fingerprint density at radius 1 is 1.25 bits per heavy atom. The van der Waals surface area contributed by atoms with E-state index < -0.39 is 12.2 Å². The van der Waals surface area contributed by atoms with Crippen LogP contribution in [-0.4, -0.2) is 42.0 Å². The van der Waals surface area contributed by atoms with E-state index in [4.69, 9.17) is 9.47 Å². The summed E-state index contributed by atoms with van der Waals surface area (Å²) in [4.78, 5) is 27.9. The minimum absolute atomic E-state index is 0.0964. The van der Waals surface area contributed by atoms with Gasteiger partial charge in [0, 0.05) is 24.9 Å². The van der Waals surface area contributed by atoms with Gasteiger partial charge in [0.25, 0.3) is 0 Å². The monoisotopic (exact) mass is 332 g/mol. The van der Waals surface area contributed by atoms with Gasteiger partial charge < -0.3 is 14.4 Å². The average molecular weight is 332 g/mol. The molecule has 0 aliphatic carbocycles. The van der Waals surface area contributed by atoms with Crippen molar-refractivity contribution in [2.45, 2.75) is 32.9 Å². The van der Waals surface area contributed by atoms with Crippen LogP contribution in [0.3, 0.4) is 0 Å². The van der Waals surface area contributed by atoms with E-state index >= 15 is 0 Å². The normalized spacial score (nSPS) is 16.0. The maximum Gasteiger partial charge on any atom is 0.337 e. The van der Waals surface area contributed by atoms with Gasteiger partial charge in [-0.1, -0.05) is 26.0 Å². The van der Waals surface area contributed by atoms with Crippen LogP contribution in [0.4, 0.5) is 4.79 Å². The number of nitrogens with zero attached hydrogens (tertiary/aromatic N) is 2. The van der Waals surface area contributed by atoms with Crippen LogP contribution >= 0.6 is 0 Å². The Balaban J connectivity index is 2.21. The van der Waals surface area contributed by atoms with Gasteiger partial charge in [-0.3, -0.25) is 4.90 Å². The number of methoxy groups -OCH3 is 1. The number of carbonyl (C=O) groups excluding carboxylic acids is 2. The first kappa shape index (κ1) is 17.8. The van der Waals surface area contributed by atoms with E-state index in [2.05, 4.69) is 0 Å². The van der Waals surface area contributed by atoms with Gasteiger partial charge in [0.2, 0.25) is 6.23 Å². The quantitative estimate of drug-likeness (QED) is 0.748. The summed E-state index contributed by atoms with van der Waals surface area (Å²) in [5.41, 5.74) is 1.15. The minimum Gasteiger partial charge on any atom is -0.472 e. The SMILES string of the molecule is CCCN(CCC)C(=O)N1C=COC1c1cccc(C(=O)OC)c1. The Bertz CT molecular complexity index is 609. The van der Waals surface area contributed by atoms with Crippen LogP contribution in [0.2, 0.25) is 0 Å². The molecule has 6 nitrogen and oxygen atoms in total. The Morgan fingerprint density at radius 2 is 1.96 bits per heavy atom. The summed E-state index contributed by atoms with van der Waals surface area (Å²) in [6.45, 7) is 5.49. The minimum atomic E-state index is -0.571. The summed E-state index contributed by atoms with van der Waals surface area (Å²) in [5, 5.41) is 0. The fraction of sp³-hybridized carbons (Fsp3) is 0.444. The lowest BCUT2D eigenvalue weighted by Gasteiger charge is -2.30. The van der Waals surface area contributed by atoms with Crippen molar-refractivity contribution in [2.24, 2.45) is 0 Å². The maximum absolute atomic E-state index is 12.8. The molecule has 1 unspecified atom stereocenters. The molecule has 0 spiro atoms. The largest absolute Gasteiger partial charge is 0.472 e. The van der Waals surface area contributed by atoms with E-state index in [1.165, 1.54) is 13.4 Å². The second kappa shape index (κ2) is 8.38. The highest BCUT2D eigenvalue weighted by atomic mass is 16.5. The van der Waals surface area contributed by atoms with Crippen molar-refractivity contribution in [1.82, 2.24) is 9.80 Å². The molecule has 0 bridgehead atoms. The van der Waals surface area contributed by atoms with Crippen molar-refractivity contribution in [3.63, 3.8) is 0 Å². The molecule has 0 fully saturated rings. The maximum atomic E-state index is 12.8. The smallest absolute Gasteiger partial charge is 0.337 e. The van der Waals surface area contributed by atoms with Crippen molar-refractivity contribution in [3.05, 3.63) is 47.9 Å². The molecule has 0 saturated heterocycles. The van der Waals surface area contributed by atoms with Gasteiger partial charge in [-0.2, -0.15) is 0 Å². The van der Waals surface area contributed by atoms with Crippen molar-refractivity contribution in [1.29, 1.82) is 0 Å². The molecular weight excluding hydrogens is 308 g/mol. The Kier molecular flexibility index (Phi) is 6.23. The molecule has 0 N–H and O–H groups in total. The summed E-state index contributed by atoms with van der Waals surface area (Å²) >= 11 is 0. The van der Waals surface area contributed by atoms with E-state index in [0.29, 0.717) is 18.7 Å². The number of benzene rings is 1. The van der Waals surface area contributed by atoms with Crippen LogP contribution in [0.1, 0.15) is 48.8 Å². The van der Waals surface area contributed by atoms with E-state index in [0.717, 1.165) is 18.4 Å². The Labute approximate surface area is 142 Å². The zero-order valence-corrected chi connectivity index (χ0v) is 14.4. The molecule has 0 saturated carbocycles. The number of hydrogen-bond acceptors (Lipinski definition) is 4. The van der Waals surface area contributed by atoms with Crippen LogP contribution in [0.5, 0.6) is 0 Å². The lowest BCUT2D eigenvalue weighted by Crippen LogP contribution is -2.42. The van der Waals surface area contributed by atoms with E-state index in [1.54, 1.807) is 29.3 Å². The number of carbonyl (C=O) groups is 2. The molecule has 6 heteroatoms. The molecule has 1 aromatic rings. The zero-order valence-electron chi connectivity index (χ0n) is 14.4. The molecule has 1 aliphatic heterocycles. The number of esters is 1. The summed E-state index contributed by atoms with van der Waals surface area (Å²) < 4.78 is 10.3. The summed E-state index contributed by atoms with van der Waals surface area (Å²) in [5.74, 6) is -0.417. The predicted octanol–water partition coefficient (Wildman–Crippen LogP) is 3.52. The molecule has 2 rings (SSSR count). The number of ether oxygens (including phenoxy) is 2.